The molecule has 9 heteroatoms. The van der Waals surface area contributed by atoms with Gasteiger partial charge in [0.25, 0.3) is 5.91 Å². The highest BCUT2D eigenvalue weighted by Gasteiger charge is 2.30. The van der Waals surface area contributed by atoms with Crippen LogP contribution in [0.25, 0.3) is 6.08 Å². The predicted octanol–water partition coefficient (Wildman–Crippen LogP) is 4.16. The van der Waals surface area contributed by atoms with Gasteiger partial charge < -0.3 is 10.1 Å². The summed E-state index contributed by atoms with van der Waals surface area (Å²) in [5, 5.41) is 17.2. The molecule has 0 spiro atoms. The van der Waals surface area contributed by atoms with Crippen LogP contribution in [0.2, 0.25) is 10.2 Å². The number of hydrogen-bond acceptors (Lipinski definition) is 5. The molecular weight excluding hydrogens is 439 g/mol. The highest BCUT2D eigenvalue weighted by Crippen LogP contribution is 2.24. The van der Waals surface area contributed by atoms with Gasteiger partial charge in [-0.25, -0.2) is 9.48 Å². The monoisotopic (exact) mass is 462 g/mol. The number of hydrogen-bond donors (Lipinski definition) is 1. The largest absolute Gasteiger partial charge is 0.452 e. The van der Waals surface area contributed by atoms with Gasteiger partial charge in [-0.1, -0.05) is 55.2 Å². The van der Waals surface area contributed by atoms with Crippen LogP contribution < -0.4 is 5.32 Å². The Labute approximate surface area is 191 Å². The Morgan fingerprint density at radius 3 is 2.65 bits per heavy atom. The number of halogens is 2. The van der Waals surface area contributed by atoms with Crippen molar-refractivity contribution in [1.29, 1.82) is 5.26 Å². The number of nitriles is 1. The number of nitrogens with one attached hydrogen (secondary N) is 1. The summed E-state index contributed by atoms with van der Waals surface area (Å²) in [6, 6.07) is 9.44. The Bertz CT molecular complexity index is 1040. The van der Waals surface area contributed by atoms with Gasteiger partial charge in [-0.05, 0) is 37.5 Å². The normalized spacial score (nSPS) is 13.1. The second-order valence-corrected chi connectivity index (χ2v) is 8.26. The third kappa shape index (κ3) is 6.33. The van der Waals surface area contributed by atoms with Crippen molar-refractivity contribution in [2.45, 2.75) is 39.8 Å². The number of carbonyl (C=O) groups excluding carboxylic acids is 2. The third-order valence-corrected chi connectivity index (χ3v) is 5.67. The van der Waals surface area contributed by atoms with Crippen LogP contribution in [0.15, 0.2) is 30.3 Å². The Hall–Kier alpha value is -2.82. The molecule has 31 heavy (non-hydrogen) atoms. The van der Waals surface area contributed by atoms with E-state index in [1.54, 1.807) is 24.6 Å². The lowest BCUT2D eigenvalue weighted by Gasteiger charge is -2.27. The van der Waals surface area contributed by atoms with Gasteiger partial charge >= 0.3 is 5.97 Å². The molecule has 1 aromatic heterocycles. The quantitative estimate of drug-likeness (QED) is 0.469. The summed E-state index contributed by atoms with van der Waals surface area (Å²) in [5.41, 5.74) is 1.01. The van der Waals surface area contributed by atoms with Crippen LogP contribution in [0.5, 0.6) is 0 Å². The molecule has 0 bridgehead atoms. The van der Waals surface area contributed by atoms with Crippen LogP contribution in [-0.4, -0.2) is 33.8 Å². The minimum atomic E-state index is -1.04. The number of rotatable bonds is 8. The minimum Gasteiger partial charge on any atom is -0.452 e. The third-order valence-electron chi connectivity index (χ3n) is 4.90. The van der Waals surface area contributed by atoms with Crippen molar-refractivity contribution in [3.63, 3.8) is 0 Å². The van der Waals surface area contributed by atoms with Crippen molar-refractivity contribution in [3.05, 3.63) is 57.3 Å². The smallest absolute Gasteiger partial charge is 0.331 e. The van der Waals surface area contributed by atoms with Crippen LogP contribution >= 0.6 is 23.2 Å². The van der Waals surface area contributed by atoms with E-state index >= 15 is 0 Å². The van der Waals surface area contributed by atoms with Crippen molar-refractivity contribution in [2.24, 2.45) is 5.92 Å². The average Bonchev–Trinajstić information content (AvgIpc) is 2.99. The maximum absolute atomic E-state index is 12.0. The number of esters is 1. The zero-order valence-corrected chi connectivity index (χ0v) is 19.3. The van der Waals surface area contributed by atoms with E-state index in [-0.39, 0.29) is 5.92 Å². The number of amides is 1. The van der Waals surface area contributed by atoms with E-state index in [4.69, 9.17) is 27.9 Å². The van der Waals surface area contributed by atoms with E-state index in [0.717, 1.165) is 5.56 Å². The summed E-state index contributed by atoms with van der Waals surface area (Å²) in [7, 11) is 0. The molecule has 1 amide bonds. The fourth-order valence-corrected chi connectivity index (χ4v) is 3.11. The van der Waals surface area contributed by atoms with Gasteiger partial charge in [-0.2, -0.15) is 10.4 Å². The second kappa shape index (κ2) is 10.5. The van der Waals surface area contributed by atoms with Gasteiger partial charge in [-0.3, -0.25) is 4.79 Å². The summed E-state index contributed by atoms with van der Waals surface area (Å²) in [6.07, 6.45) is 2.66. The molecular formula is C22H24Cl2N4O3. The topological polar surface area (TPSA) is 97.0 Å². The van der Waals surface area contributed by atoms with Crippen LogP contribution in [-0.2, 0) is 20.9 Å². The molecule has 2 aromatic rings. The molecule has 0 aliphatic rings. The van der Waals surface area contributed by atoms with Crippen molar-refractivity contribution < 1.29 is 14.3 Å². The molecule has 7 nitrogen and oxygen atoms in total. The number of benzene rings is 1. The Balaban J connectivity index is 2.00. The van der Waals surface area contributed by atoms with E-state index in [2.05, 4.69) is 16.5 Å². The van der Waals surface area contributed by atoms with Gasteiger partial charge in [0.2, 0.25) is 0 Å². The molecule has 0 radical (unpaired) electrons. The Morgan fingerprint density at radius 1 is 1.35 bits per heavy atom. The first-order valence-corrected chi connectivity index (χ1v) is 10.4. The van der Waals surface area contributed by atoms with Crippen molar-refractivity contribution in [3.8, 4) is 6.07 Å². The first-order valence-electron chi connectivity index (χ1n) is 9.60. The lowest BCUT2D eigenvalue weighted by atomic mass is 9.90. The number of carbonyl (C=O) groups is 2. The molecule has 164 valence electrons. The molecule has 0 aliphatic carbocycles. The highest BCUT2D eigenvalue weighted by atomic mass is 35.5. The number of ether oxygens (including phenoxy) is 1. The van der Waals surface area contributed by atoms with Crippen molar-refractivity contribution in [1.82, 2.24) is 15.1 Å². The van der Waals surface area contributed by atoms with Gasteiger partial charge in [0.05, 0.1) is 18.3 Å². The first kappa shape index (κ1) is 24.4. The minimum absolute atomic E-state index is 0.107. The van der Waals surface area contributed by atoms with Gasteiger partial charge in [0.1, 0.15) is 10.7 Å². The molecule has 2 rings (SSSR count). The molecule has 0 unspecified atom stereocenters. The van der Waals surface area contributed by atoms with Crippen LogP contribution in [0.3, 0.4) is 0 Å². The molecule has 0 saturated heterocycles. The maximum Gasteiger partial charge on any atom is 0.331 e. The molecule has 1 atom stereocenters. The lowest BCUT2D eigenvalue weighted by Crippen LogP contribution is -2.50. The molecule has 0 aliphatic heterocycles. The summed E-state index contributed by atoms with van der Waals surface area (Å²) < 4.78 is 6.55. The number of aryl methyl sites for hydroxylation is 1. The van der Waals surface area contributed by atoms with E-state index < -0.39 is 24.0 Å². The summed E-state index contributed by atoms with van der Waals surface area (Å²) in [5.74, 6) is -1.38. The summed E-state index contributed by atoms with van der Waals surface area (Å²) >= 11 is 12.6. The molecule has 0 saturated carbocycles. The standard InChI is InChI=1S/C22H24Cl2N4O3/c1-14(2)22(4,13-25)26-19(29)12-31-20(30)10-9-17-15(3)27-28(21(17)24)11-16-7-5-6-8-18(16)23/h5-10,14H,11-12H2,1-4H3,(H,26,29)/b10-9+/t22-/m0/s1. The van der Waals surface area contributed by atoms with Crippen LogP contribution in [0.4, 0.5) is 0 Å². The second-order valence-electron chi connectivity index (χ2n) is 7.50. The molecule has 0 fully saturated rings. The number of aromatic nitrogens is 2. The SMILES string of the molecule is Cc1nn(Cc2ccccc2Cl)c(Cl)c1/C=C/C(=O)OCC(=O)N[C@@](C)(C#N)C(C)C. The number of nitrogens with zero attached hydrogens (tertiary/aromatic N) is 3. The van der Waals surface area contributed by atoms with E-state index in [9.17, 15) is 14.9 Å². The first-order chi connectivity index (χ1) is 14.6. The van der Waals surface area contributed by atoms with Crippen molar-refractivity contribution in [2.75, 3.05) is 6.61 Å². The summed E-state index contributed by atoms with van der Waals surface area (Å²) in [4.78, 5) is 24.0. The zero-order chi connectivity index (χ0) is 23.2. The fraction of sp³-hybridized carbons (Fsp3) is 0.364. The zero-order valence-electron chi connectivity index (χ0n) is 17.8. The Morgan fingerprint density at radius 2 is 2.03 bits per heavy atom. The summed E-state index contributed by atoms with van der Waals surface area (Å²) in [6.45, 7) is 6.90. The van der Waals surface area contributed by atoms with Gasteiger partial charge in [0.15, 0.2) is 6.61 Å². The van der Waals surface area contributed by atoms with E-state index in [1.807, 2.05) is 32.0 Å². The van der Waals surface area contributed by atoms with Crippen molar-refractivity contribution >= 4 is 41.2 Å². The predicted molar refractivity (Wildman–Crippen MR) is 120 cm³/mol. The van der Waals surface area contributed by atoms with E-state index in [0.29, 0.717) is 28.0 Å². The van der Waals surface area contributed by atoms with Gasteiger partial charge in [0, 0.05) is 16.7 Å². The molecule has 1 aromatic carbocycles. The maximum atomic E-state index is 12.0. The highest BCUT2D eigenvalue weighted by molar-refractivity contribution is 6.32. The van der Waals surface area contributed by atoms with Gasteiger partial charge in [-0.15, -0.1) is 0 Å². The van der Waals surface area contributed by atoms with Crippen LogP contribution in [0, 0.1) is 24.2 Å². The Kier molecular flexibility index (Phi) is 8.26. The fourth-order valence-electron chi connectivity index (χ4n) is 2.61. The lowest BCUT2D eigenvalue weighted by molar-refractivity contribution is -0.144. The molecule has 1 heterocycles. The average molecular weight is 463 g/mol. The molecule has 1 N–H and O–H groups in total. The van der Waals surface area contributed by atoms with E-state index in [1.165, 1.54) is 12.2 Å². The van der Waals surface area contributed by atoms with Crippen LogP contribution in [0.1, 0.15) is 37.6 Å².